The Labute approximate surface area is 172 Å². The molecule has 0 bridgehead atoms. The van der Waals surface area contributed by atoms with E-state index < -0.39 is 5.60 Å². The lowest BCUT2D eigenvalue weighted by Gasteiger charge is -2.55. The van der Waals surface area contributed by atoms with Crippen molar-refractivity contribution in [2.45, 2.75) is 63.9 Å². The molecule has 4 aliphatic carbocycles. The molecular weight excluding hydrogens is 358 g/mol. The van der Waals surface area contributed by atoms with E-state index >= 15 is 0 Å². The molecule has 6 atom stereocenters. The first-order chi connectivity index (χ1) is 14.0. The summed E-state index contributed by atoms with van der Waals surface area (Å²) < 4.78 is 0. The average molecular weight is 390 g/mol. The van der Waals surface area contributed by atoms with Crippen LogP contribution in [-0.4, -0.2) is 15.9 Å². The van der Waals surface area contributed by atoms with Gasteiger partial charge in [-0.15, -0.1) is 0 Å². The monoisotopic (exact) mass is 389 g/mol. The number of fused-ring (bicyclic) bond motifs is 6. The quantitative estimate of drug-likeness (QED) is 0.677. The Morgan fingerprint density at radius 1 is 1.03 bits per heavy atom. The van der Waals surface area contributed by atoms with Crippen LogP contribution in [0.5, 0.6) is 0 Å². The van der Waals surface area contributed by atoms with E-state index in [1.807, 2.05) is 6.08 Å². The van der Waals surface area contributed by atoms with Crippen LogP contribution in [0.2, 0.25) is 0 Å². The number of nitrogens with one attached hydrogen (secondary N) is 1. The molecule has 29 heavy (non-hydrogen) atoms. The zero-order valence-electron chi connectivity index (χ0n) is 17.3. The maximum Gasteiger partial charge on any atom is 0.155 e. The van der Waals surface area contributed by atoms with Crippen LogP contribution in [-0.2, 0) is 10.4 Å². The van der Waals surface area contributed by atoms with Crippen molar-refractivity contribution in [2.24, 2.45) is 29.1 Å². The zero-order chi connectivity index (χ0) is 19.8. The van der Waals surface area contributed by atoms with Crippen molar-refractivity contribution in [2.75, 3.05) is 0 Å². The van der Waals surface area contributed by atoms with E-state index in [1.54, 1.807) is 0 Å². The number of allylic oxidation sites excluding steroid dienone is 1. The van der Waals surface area contributed by atoms with Gasteiger partial charge >= 0.3 is 0 Å². The summed E-state index contributed by atoms with van der Waals surface area (Å²) in [6.07, 6.45) is 10.3. The molecule has 4 aliphatic rings. The van der Waals surface area contributed by atoms with Crippen molar-refractivity contribution < 1.29 is 9.90 Å². The highest BCUT2D eigenvalue weighted by Crippen LogP contribution is 2.67. The Morgan fingerprint density at radius 2 is 1.90 bits per heavy atom. The van der Waals surface area contributed by atoms with E-state index in [0.717, 1.165) is 49.7 Å². The number of hydrogen-bond donors (Lipinski definition) is 2. The van der Waals surface area contributed by atoms with Gasteiger partial charge in [-0.3, -0.25) is 4.79 Å². The van der Waals surface area contributed by atoms with Crippen molar-refractivity contribution in [3.63, 3.8) is 0 Å². The highest BCUT2D eigenvalue weighted by atomic mass is 16.3. The summed E-state index contributed by atoms with van der Waals surface area (Å²) >= 11 is 0. The molecule has 3 nitrogen and oxygen atoms in total. The fourth-order valence-corrected chi connectivity index (χ4v) is 7.94. The van der Waals surface area contributed by atoms with E-state index in [4.69, 9.17) is 0 Å². The number of para-hydroxylation sites is 1. The number of rotatable bonds is 1. The van der Waals surface area contributed by atoms with Crippen molar-refractivity contribution in [3.05, 3.63) is 47.7 Å². The number of carbonyl (C=O) groups is 1. The molecule has 2 aromatic rings. The van der Waals surface area contributed by atoms with Gasteiger partial charge in [-0.2, -0.15) is 0 Å². The summed E-state index contributed by atoms with van der Waals surface area (Å²) in [6, 6.07) is 10.5. The normalized spacial score (nSPS) is 41.6. The average Bonchev–Trinajstić information content (AvgIpc) is 3.27. The number of hydrogen-bond acceptors (Lipinski definition) is 2. The van der Waals surface area contributed by atoms with Gasteiger partial charge in [0.25, 0.3) is 0 Å². The maximum atomic E-state index is 12.1. The van der Waals surface area contributed by atoms with Crippen molar-refractivity contribution >= 4 is 16.7 Å². The molecule has 1 aromatic heterocycles. The van der Waals surface area contributed by atoms with Crippen LogP contribution in [0.25, 0.3) is 10.9 Å². The van der Waals surface area contributed by atoms with E-state index in [-0.39, 0.29) is 5.41 Å². The zero-order valence-corrected chi connectivity index (χ0v) is 17.3. The molecule has 0 radical (unpaired) electrons. The standard InChI is InChI=1S/C26H31NO2/c1-25-12-10-20-19-9-7-18(28)14-16(19)6-8-21(20)22(25)11-13-26(25,29)24-15-17-4-2-3-5-23(17)27-24/h2-5,14-15,19-22,27,29H,6-13H2,1H3/t19-,20-,21+,22+,25-,26?/m0/s1. The van der Waals surface area contributed by atoms with E-state index in [0.29, 0.717) is 29.5 Å². The summed E-state index contributed by atoms with van der Waals surface area (Å²) in [5, 5.41) is 13.3. The number of aromatic amines is 1. The molecule has 0 spiro atoms. The molecule has 0 amide bonds. The Hall–Kier alpha value is -1.87. The summed E-state index contributed by atoms with van der Waals surface area (Å²) in [6.45, 7) is 2.36. The van der Waals surface area contributed by atoms with Crippen LogP contribution < -0.4 is 0 Å². The van der Waals surface area contributed by atoms with Crippen molar-refractivity contribution in [1.82, 2.24) is 4.98 Å². The van der Waals surface area contributed by atoms with Gasteiger partial charge in [0.1, 0.15) is 5.60 Å². The predicted octanol–water partition coefficient (Wildman–Crippen LogP) is 5.50. The predicted molar refractivity (Wildman–Crippen MR) is 114 cm³/mol. The van der Waals surface area contributed by atoms with Gasteiger partial charge in [0.2, 0.25) is 0 Å². The van der Waals surface area contributed by atoms with Crippen LogP contribution >= 0.6 is 0 Å². The molecule has 1 heterocycles. The van der Waals surface area contributed by atoms with Gasteiger partial charge in [-0.25, -0.2) is 0 Å². The lowest BCUT2D eigenvalue weighted by Crippen LogP contribution is -2.51. The summed E-state index contributed by atoms with van der Waals surface area (Å²) in [4.78, 5) is 15.5. The second-order valence-electron chi connectivity index (χ2n) is 10.4. The van der Waals surface area contributed by atoms with Gasteiger partial charge in [0, 0.05) is 23.0 Å². The van der Waals surface area contributed by atoms with E-state index in [1.165, 1.54) is 23.8 Å². The fourth-order valence-electron chi connectivity index (χ4n) is 7.94. The molecular formula is C26H31NO2. The molecule has 2 N–H and O–H groups in total. The number of aromatic nitrogens is 1. The van der Waals surface area contributed by atoms with Gasteiger partial charge in [-0.05, 0) is 92.2 Å². The maximum absolute atomic E-state index is 12.1. The van der Waals surface area contributed by atoms with Crippen molar-refractivity contribution in [1.29, 1.82) is 0 Å². The second kappa shape index (κ2) is 6.07. The Kier molecular flexibility index (Phi) is 3.76. The summed E-state index contributed by atoms with van der Waals surface area (Å²) in [7, 11) is 0. The highest BCUT2D eigenvalue weighted by Gasteiger charge is 2.63. The van der Waals surface area contributed by atoms with Crippen LogP contribution in [0, 0.1) is 29.1 Å². The largest absolute Gasteiger partial charge is 0.383 e. The second-order valence-corrected chi connectivity index (χ2v) is 10.4. The smallest absolute Gasteiger partial charge is 0.155 e. The Bertz CT molecular complexity index is 986. The molecule has 3 fully saturated rings. The third kappa shape index (κ3) is 2.37. The molecule has 6 rings (SSSR count). The first kappa shape index (κ1) is 17.9. The fraction of sp³-hybridized carbons (Fsp3) is 0.577. The van der Waals surface area contributed by atoms with Gasteiger partial charge in [0.15, 0.2) is 5.78 Å². The minimum Gasteiger partial charge on any atom is -0.383 e. The van der Waals surface area contributed by atoms with Crippen LogP contribution in [0.1, 0.15) is 64.0 Å². The van der Waals surface area contributed by atoms with Gasteiger partial charge in [0.05, 0.1) is 0 Å². The number of H-pyrrole nitrogens is 1. The summed E-state index contributed by atoms with van der Waals surface area (Å²) in [5.41, 5.74) is 2.74. The van der Waals surface area contributed by atoms with Gasteiger partial charge < -0.3 is 10.1 Å². The third-order valence-corrected chi connectivity index (χ3v) is 9.43. The molecule has 0 saturated heterocycles. The topological polar surface area (TPSA) is 53.1 Å². The van der Waals surface area contributed by atoms with Crippen LogP contribution in [0.15, 0.2) is 42.0 Å². The molecule has 3 saturated carbocycles. The van der Waals surface area contributed by atoms with Crippen LogP contribution in [0.4, 0.5) is 0 Å². The molecule has 0 aliphatic heterocycles. The minimum atomic E-state index is -0.764. The first-order valence-electron chi connectivity index (χ1n) is 11.5. The molecule has 1 unspecified atom stereocenters. The Balaban J connectivity index is 1.36. The van der Waals surface area contributed by atoms with E-state index in [2.05, 4.69) is 42.2 Å². The number of carbonyl (C=O) groups excluding carboxylic acids is 1. The Morgan fingerprint density at radius 3 is 2.76 bits per heavy atom. The first-order valence-corrected chi connectivity index (χ1v) is 11.5. The summed E-state index contributed by atoms with van der Waals surface area (Å²) in [5.74, 6) is 2.95. The highest BCUT2D eigenvalue weighted by molar-refractivity contribution is 5.91. The minimum absolute atomic E-state index is 0.0687. The van der Waals surface area contributed by atoms with Crippen LogP contribution in [0.3, 0.4) is 0 Å². The van der Waals surface area contributed by atoms with Gasteiger partial charge in [-0.1, -0.05) is 30.7 Å². The SMILES string of the molecule is C[C@]12CC[C@@H]3[C@@H](CCC4=CC(=O)CC[C@@H]43)[C@H]1CCC2(O)c1cc2ccccc2[nH]1. The lowest BCUT2D eigenvalue weighted by atomic mass is 9.50. The number of aliphatic hydroxyl groups is 1. The lowest BCUT2D eigenvalue weighted by molar-refractivity contribution is -0.126. The molecule has 3 heteroatoms. The van der Waals surface area contributed by atoms with E-state index in [9.17, 15) is 9.90 Å². The van der Waals surface area contributed by atoms with Crippen molar-refractivity contribution in [3.8, 4) is 0 Å². The third-order valence-electron chi connectivity index (χ3n) is 9.43. The number of benzene rings is 1. The molecule has 152 valence electrons. The molecule has 1 aromatic carbocycles. The number of ketones is 1.